The number of hydrogen-bond acceptors (Lipinski definition) is 4. The zero-order chi connectivity index (χ0) is 14.3. The SMILES string of the molecule is Cc1nc(C)c(C(C)n2c(CCl)nc3cnccc32)s1. The van der Waals surface area contributed by atoms with E-state index >= 15 is 0 Å². The average molecular weight is 307 g/mol. The van der Waals surface area contributed by atoms with Crippen LogP contribution in [0.25, 0.3) is 11.0 Å². The van der Waals surface area contributed by atoms with Gasteiger partial charge in [0.1, 0.15) is 11.3 Å². The highest BCUT2D eigenvalue weighted by molar-refractivity contribution is 7.11. The molecule has 0 aliphatic heterocycles. The molecule has 0 radical (unpaired) electrons. The molecule has 104 valence electrons. The van der Waals surface area contributed by atoms with Crippen LogP contribution in [0, 0.1) is 13.8 Å². The molecule has 0 bridgehead atoms. The smallest absolute Gasteiger partial charge is 0.125 e. The number of halogens is 1. The Morgan fingerprint density at radius 1 is 1.35 bits per heavy atom. The molecule has 0 aromatic carbocycles. The summed E-state index contributed by atoms with van der Waals surface area (Å²) in [4.78, 5) is 14.5. The molecule has 6 heteroatoms. The molecule has 3 aromatic heterocycles. The van der Waals surface area contributed by atoms with E-state index in [0.717, 1.165) is 27.6 Å². The number of aromatic nitrogens is 4. The Kier molecular flexibility index (Phi) is 3.48. The van der Waals surface area contributed by atoms with Gasteiger partial charge in [0.2, 0.25) is 0 Å². The summed E-state index contributed by atoms with van der Waals surface area (Å²) in [5.41, 5.74) is 3.03. The first-order chi connectivity index (χ1) is 9.61. The summed E-state index contributed by atoms with van der Waals surface area (Å²) in [6.07, 6.45) is 3.56. The first-order valence-corrected chi connectivity index (χ1v) is 7.77. The standard InChI is InChI=1S/C14H15ClN4S/c1-8-14(20-10(3)17-8)9(2)19-12-4-5-16-7-11(12)18-13(19)6-15/h4-5,7,9H,6H2,1-3H3. The topological polar surface area (TPSA) is 43.6 Å². The molecular weight excluding hydrogens is 292 g/mol. The Labute approximate surface area is 126 Å². The minimum absolute atomic E-state index is 0.169. The van der Waals surface area contributed by atoms with Crippen LogP contribution in [0.1, 0.15) is 34.4 Å². The lowest BCUT2D eigenvalue weighted by atomic mass is 10.2. The molecule has 1 unspecified atom stereocenters. The molecule has 0 aliphatic rings. The lowest BCUT2D eigenvalue weighted by molar-refractivity contribution is 0.639. The predicted molar refractivity (Wildman–Crippen MR) is 82.5 cm³/mol. The maximum atomic E-state index is 6.06. The number of nitrogens with zero attached hydrogens (tertiary/aromatic N) is 4. The van der Waals surface area contributed by atoms with E-state index in [1.807, 2.05) is 13.0 Å². The van der Waals surface area contributed by atoms with Crippen molar-refractivity contribution in [3.63, 3.8) is 0 Å². The van der Waals surface area contributed by atoms with Crippen molar-refractivity contribution in [3.8, 4) is 0 Å². The maximum absolute atomic E-state index is 6.06. The number of imidazole rings is 1. The Balaban J connectivity index is 2.20. The zero-order valence-electron chi connectivity index (χ0n) is 11.6. The third-order valence-corrected chi connectivity index (χ3v) is 4.87. The lowest BCUT2D eigenvalue weighted by Crippen LogP contribution is -2.09. The fourth-order valence-electron chi connectivity index (χ4n) is 2.58. The molecule has 0 fully saturated rings. The molecule has 0 saturated carbocycles. The van der Waals surface area contributed by atoms with E-state index < -0.39 is 0 Å². The van der Waals surface area contributed by atoms with Gasteiger partial charge in [-0.1, -0.05) is 0 Å². The van der Waals surface area contributed by atoms with Crippen LogP contribution in [-0.4, -0.2) is 19.5 Å². The van der Waals surface area contributed by atoms with E-state index in [4.69, 9.17) is 11.6 Å². The first-order valence-electron chi connectivity index (χ1n) is 6.42. The van der Waals surface area contributed by atoms with Crippen molar-refractivity contribution in [2.75, 3.05) is 0 Å². The molecule has 0 saturated heterocycles. The number of aryl methyl sites for hydroxylation is 2. The summed E-state index contributed by atoms with van der Waals surface area (Å²) < 4.78 is 2.18. The highest BCUT2D eigenvalue weighted by Crippen LogP contribution is 2.31. The number of thiazole rings is 1. The van der Waals surface area contributed by atoms with Crippen LogP contribution < -0.4 is 0 Å². The molecule has 3 heterocycles. The van der Waals surface area contributed by atoms with Gasteiger partial charge in [-0.2, -0.15) is 0 Å². The van der Waals surface area contributed by atoms with Gasteiger partial charge in [0.05, 0.1) is 39.2 Å². The predicted octanol–water partition coefficient (Wildman–Crippen LogP) is 3.85. The van der Waals surface area contributed by atoms with Crippen molar-refractivity contribution in [2.45, 2.75) is 32.7 Å². The second kappa shape index (κ2) is 5.14. The van der Waals surface area contributed by atoms with Crippen LogP contribution in [0.2, 0.25) is 0 Å². The third-order valence-electron chi connectivity index (χ3n) is 3.39. The van der Waals surface area contributed by atoms with Crippen molar-refractivity contribution < 1.29 is 0 Å². The van der Waals surface area contributed by atoms with Crippen LogP contribution in [0.5, 0.6) is 0 Å². The van der Waals surface area contributed by atoms with E-state index in [1.54, 1.807) is 23.7 Å². The molecule has 20 heavy (non-hydrogen) atoms. The second-order valence-electron chi connectivity index (χ2n) is 4.75. The van der Waals surface area contributed by atoms with Gasteiger partial charge in [-0.15, -0.1) is 22.9 Å². The van der Waals surface area contributed by atoms with Gasteiger partial charge >= 0.3 is 0 Å². The summed E-state index contributed by atoms with van der Waals surface area (Å²) >= 11 is 7.79. The van der Waals surface area contributed by atoms with Crippen molar-refractivity contribution in [1.82, 2.24) is 19.5 Å². The monoisotopic (exact) mass is 306 g/mol. The van der Waals surface area contributed by atoms with Gasteiger partial charge in [0.15, 0.2) is 0 Å². The molecule has 3 rings (SSSR count). The summed E-state index contributed by atoms with van der Waals surface area (Å²) in [6, 6.07) is 2.15. The van der Waals surface area contributed by atoms with E-state index in [0.29, 0.717) is 5.88 Å². The van der Waals surface area contributed by atoms with Gasteiger partial charge in [-0.3, -0.25) is 4.98 Å². The lowest BCUT2D eigenvalue weighted by Gasteiger charge is -2.16. The molecule has 3 aromatic rings. The highest BCUT2D eigenvalue weighted by atomic mass is 35.5. The minimum Gasteiger partial charge on any atom is -0.319 e. The Morgan fingerprint density at radius 3 is 2.80 bits per heavy atom. The van der Waals surface area contributed by atoms with Crippen molar-refractivity contribution in [2.24, 2.45) is 0 Å². The maximum Gasteiger partial charge on any atom is 0.125 e. The van der Waals surface area contributed by atoms with Gasteiger partial charge < -0.3 is 4.57 Å². The van der Waals surface area contributed by atoms with Gasteiger partial charge in [-0.05, 0) is 26.8 Å². The number of hydrogen-bond donors (Lipinski definition) is 0. The van der Waals surface area contributed by atoms with Crippen molar-refractivity contribution in [3.05, 3.63) is 39.9 Å². The summed E-state index contributed by atoms with van der Waals surface area (Å²) in [6.45, 7) is 6.25. The van der Waals surface area contributed by atoms with Crippen molar-refractivity contribution in [1.29, 1.82) is 0 Å². The Hall–Kier alpha value is -1.46. The Morgan fingerprint density at radius 2 is 2.15 bits per heavy atom. The minimum atomic E-state index is 0.169. The van der Waals surface area contributed by atoms with Crippen LogP contribution in [-0.2, 0) is 5.88 Å². The average Bonchev–Trinajstić information content (AvgIpc) is 2.97. The second-order valence-corrected chi connectivity index (χ2v) is 6.26. The number of rotatable bonds is 3. The quantitative estimate of drug-likeness (QED) is 0.690. The molecule has 4 nitrogen and oxygen atoms in total. The van der Waals surface area contributed by atoms with Crippen LogP contribution in [0.3, 0.4) is 0 Å². The first kappa shape index (κ1) is 13.5. The van der Waals surface area contributed by atoms with Gasteiger partial charge in [-0.25, -0.2) is 9.97 Å². The number of pyridine rings is 1. The van der Waals surface area contributed by atoms with Crippen LogP contribution in [0.4, 0.5) is 0 Å². The van der Waals surface area contributed by atoms with Crippen molar-refractivity contribution >= 4 is 34.0 Å². The van der Waals surface area contributed by atoms with E-state index in [1.165, 1.54) is 4.88 Å². The Bertz CT molecular complexity index is 762. The van der Waals surface area contributed by atoms with Gasteiger partial charge in [0.25, 0.3) is 0 Å². The molecular formula is C14H15ClN4S. The summed E-state index contributed by atoms with van der Waals surface area (Å²) in [5, 5.41) is 1.09. The largest absolute Gasteiger partial charge is 0.319 e. The number of fused-ring (bicyclic) bond motifs is 1. The molecule has 1 atom stereocenters. The van der Waals surface area contributed by atoms with Gasteiger partial charge in [0, 0.05) is 6.20 Å². The summed E-state index contributed by atoms with van der Waals surface area (Å²) in [5.74, 6) is 1.25. The van der Waals surface area contributed by atoms with E-state index in [9.17, 15) is 0 Å². The third kappa shape index (κ3) is 2.11. The normalized spacial score (nSPS) is 13.0. The van der Waals surface area contributed by atoms with Crippen LogP contribution >= 0.6 is 22.9 Å². The van der Waals surface area contributed by atoms with E-state index in [2.05, 4.69) is 33.4 Å². The van der Waals surface area contributed by atoms with Crippen LogP contribution in [0.15, 0.2) is 18.5 Å². The fraction of sp³-hybridized carbons (Fsp3) is 0.357. The molecule has 0 aliphatic carbocycles. The summed E-state index contributed by atoms with van der Waals surface area (Å²) in [7, 11) is 0. The zero-order valence-corrected chi connectivity index (χ0v) is 13.2. The molecule has 0 spiro atoms. The molecule has 0 N–H and O–H groups in total. The molecule has 0 amide bonds. The highest BCUT2D eigenvalue weighted by Gasteiger charge is 2.20. The van der Waals surface area contributed by atoms with E-state index in [-0.39, 0.29) is 6.04 Å². The number of alkyl halides is 1. The fourth-order valence-corrected chi connectivity index (χ4v) is 3.74.